The van der Waals surface area contributed by atoms with E-state index >= 15 is 0 Å². The van der Waals surface area contributed by atoms with Crippen molar-refractivity contribution in [2.24, 2.45) is 0 Å². The lowest BCUT2D eigenvalue weighted by Gasteiger charge is -2.11. The Bertz CT molecular complexity index is 620. The van der Waals surface area contributed by atoms with E-state index in [4.69, 9.17) is 4.42 Å². The quantitative estimate of drug-likeness (QED) is 0.830. The third kappa shape index (κ3) is 3.29. The van der Waals surface area contributed by atoms with Gasteiger partial charge < -0.3 is 14.3 Å². The van der Waals surface area contributed by atoms with Crippen LogP contribution in [0.4, 0.5) is 0 Å². The fourth-order valence-corrected chi connectivity index (χ4v) is 2.94. The zero-order chi connectivity index (χ0) is 15.4. The molecule has 0 fully saturated rings. The van der Waals surface area contributed by atoms with E-state index in [9.17, 15) is 4.79 Å². The smallest absolute Gasteiger partial charge is 0.233 e. The van der Waals surface area contributed by atoms with Crippen molar-refractivity contribution >= 4 is 17.7 Å². The van der Waals surface area contributed by atoms with Gasteiger partial charge in [-0.05, 0) is 33.8 Å². The Labute approximate surface area is 128 Å². The molecule has 1 atom stereocenters. The van der Waals surface area contributed by atoms with Crippen LogP contribution in [0.2, 0.25) is 0 Å². The maximum atomic E-state index is 11.8. The number of aromatic nitrogens is 3. The predicted molar refractivity (Wildman–Crippen MR) is 82.1 cm³/mol. The molecule has 0 spiro atoms. The number of nitrogens with one attached hydrogen (secondary N) is 1. The fourth-order valence-electron chi connectivity index (χ4n) is 2.01. The molecule has 2 aromatic heterocycles. The average molecular weight is 308 g/mol. The number of rotatable bonds is 6. The van der Waals surface area contributed by atoms with Crippen LogP contribution in [0.25, 0.3) is 11.4 Å². The SMILES string of the molecule is CCNC(=O)[C@H](C)Sc1nnc(-c2ccoc2C)n1CC. The van der Waals surface area contributed by atoms with Crippen molar-refractivity contribution < 1.29 is 9.21 Å². The maximum absolute atomic E-state index is 11.8. The van der Waals surface area contributed by atoms with E-state index < -0.39 is 0 Å². The van der Waals surface area contributed by atoms with E-state index in [1.165, 1.54) is 11.8 Å². The summed E-state index contributed by atoms with van der Waals surface area (Å²) in [7, 11) is 0. The molecule has 0 unspecified atom stereocenters. The largest absolute Gasteiger partial charge is 0.469 e. The van der Waals surface area contributed by atoms with E-state index in [1.54, 1.807) is 6.26 Å². The molecule has 0 saturated heterocycles. The lowest BCUT2D eigenvalue weighted by molar-refractivity contribution is -0.120. The highest BCUT2D eigenvalue weighted by Crippen LogP contribution is 2.28. The molecule has 0 aromatic carbocycles. The summed E-state index contributed by atoms with van der Waals surface area (Å²) in [4.78, 5) is 11.8. The Morgan fingerprint density at radius 2 is 2.24 bits per heavy atom. The van der Waals surface area contributed by atoms with Crippen LogP contribution in [0, 0.1) is 6.92 Å². The number of hydrogen-bond acceptors (Lipinski definition) is 5. The van der Waals surface area contributed by atoms with Gasteiger partial charge >= 0.3 is 0 Å². The van der Waals surface area contributed by atoms with Crippen LogP contribution < -0.4 is 5.32 Å². The lowest BCUT2D eigenvalue weighted by Crippen LogP contribution is -2.30. The second kappa shape index (κ2) is 6.80. The second-order valence-corrected chi connectivity index (χ2v) is 5.90. The minimum absolute atomic E-state index is 0.00851. The van der Waals surface area contributed by atoms with Gasteiger partial charge in [0.1, 0.15) is 5.76 Å². The molecule has 21 heavy (non-hydrogen) atoms. The first-order chi connectivity index (χ1) is 10.1. The Hall–Kier alpha value is -1.76. The van der Waals surface area contributed by atoms with Gasteiger partial charge in [0.25, 0.3) is 0 Å². The van der Waals surface area contributed by atoms with Crippen LogP contribution in [-0.4, -0.2) is 32.5 Å². The first kappa shape index (κ1) is 15.6. The number of thioether (sulfide) groups is 1. The summed E-state index contributed by atoms with van der Waals surface area (Å²) in [6.07, 6.45) is 1.64. The van der Waals surface area contributed by atoms with Gasteiger partial charge in [-0.3, -0.25) is 4.79 Å². The van der Waals surface area contributed by atoms with Crippen molar-refractivity contribution in [2.75, 3.05) is 6.54 Å². The minimum Gasteiger partial charge on any atom is -0.469 e. The van der Waals surface area contributed by atoms with Crippen molar-refractivity contribution in [3.05, 3.63) is 18.1 Å². The normalized spacial score (nSPS) is 12.4. The van der Waals surface area contributed by atoms with Gasteiger partial charge in [-0.2, -0.15) is 0 Å². The Kier molecular flexibility index (Phi) is 5.06. The minimum atomic E-state index is -0.210. The van der Waals surface area contributed by atoms with Crippen molar-refractivity contribution in [3.8, 4) is 11.4 Å². The number of nitrogens with zero attached hydrogens (tertiary/aromatic N) is 3. The highest BCUT2D eigenvalue weighted by Gasteiger charge is 2.21. The van der Waals surface area contributed by atoms with Crippen molar-refractivity contribution in [1.82, 2.24) is 20.1 Å². The molecule has 0 aliphatic rings. The van der Waals surface area contributed by atoms with Gasteiger partial charge in [0.05, 0.1) is 17.1 Å². The zero-order valence-electron chi connectivity index (χ0n) is 12.7. The fraction of sp³-hybridized carbons (Fsp3) is 0.500. The number of amides is 1. The molecule has 0 bridgehead atoms. The highest BCUT2D eigenvalue weighted by atomic mass is 32.2. The van der Waals surface area contributed by atoms with Crippen LogP contribution in [0.5, 0.6) is 0 Å². The van der Waals surface area contributed by atoms with E-state index in [0.717, 1.165) is 28.8 Å². The number of furan rings is 1. The Balaban J connectivity index is 2.24. The average Bonchev–Trinajstić information content (AvgIpc) is 3.04. The summed E-state index contributed by atoms with van der Waals surface area (Å²) in [5.74, 6) is 1.59. The van der Waals surface area contributed by atoms with Gasteiger partial charge in [-0.1, -0.05) is 11.8 Å². The number of carbonyl (C=O) groups is 1. The van der Waals surface area contributed by atoms with E-state index in [2.05, 4.69) is 15.5 Å². The summed E-state index contributed by atoms with van der Waals surface area (Å²) in [6.45, 7) is 9.06. The molecule has 114 valence electrons. The molecule has 2 rings (SSSR count). The van der Waals surface area contributed by atoms with Gasteiger partial charge in [-0.15, -0.1) is 10.2 Å². The molecule has 7 heteroatoms. The first-order valence-corrected chi connectivity index (χ1v) is 7.88. The molecule has 0 saturated carbocycles. The van der Waals surface area contributed by atoms with Crippen molar-refractivity contribution in [2.45, 2.75) is 44.6 Å². The molecule has 0 aliphatic heterocycles. The summed E-state index contributed by atoms with van der Waals surface area (Å²) in [6, 6.07) is 1.88. The number of aryl methyl sites for hydroxylation is 1. The van der Waals surface area contributed by atoms with Gasteiger partial charge in [0.15, 0.2) is 11.0 Å². The molecule has 1 N–H and O–H groups in total. The standard InChI is InChI=1S/C14H20N4O2S/c1-5-15-13(19)10(4)21-14-17-16-12(18(14)6-2)11-7-8-20-9(11)3/h7-8,10H,5-6H2,1-4H3,(H,15,19)/t10-/m0/s1. The highest BCUT2D eigenvalue weighted by molar-refractivity contribution is 8.00. The molecule has 6 nitrogen and oxygen atoms in total. The molecule has 2 aromatic rings. The third-order valence-electron chi connectivity index (χ3n) is 3.14. The van der Waals surface area contributed by atoms with Gasteiger partial charge in [-0.25, -0.2) is 0 Å². The van der Waals surface area contributed by atoms with Crippen molar-refractivity contribution in [1.29, 1.82) is 0 Å². The predicted octanol–water partition coefficient (Wildman–Crippen LogP) is 2.48. The molecule has 1 amide bonds. The summed E-state index contributed by atoms with van der Waals surface area (Å²) >= 11 is 1.41. The molecular weight excluding hydrogens is 288 g/mol. The van der Waals surface area contributed by atoms with Crippen LogP contribution >= 0.6 is 11.8 Å². The topological polar surface area (TPSA) is 73.0 Å². The Morgan fingerprint density at radius 3 is 2.81 bits per heavy atom. The van der Waals surface area contributed by atoms with Crippen LogP contribution in [-0.2, 0) is 11.3 Å². The van der Waals surface area contributed by atoms with Gasteiger partial charge in [0.2, 0.25) is 5.91 Å². The molecular formula is C14H20N4O2S. The summed E-state index contributed by atoms with van der Waals surface area (Å²) in [5.41, 5.74) is 0.932. The van der Waals surface area contributed by atoms with E-state index in [1.807, 2.05) is 38.3 Å². The van der Waals surface area contributed by atoms with Crippen LogP contribution in [0.1, 0.15) is 26.5 Å². The summed E-state index contributed by atoms with van der Waals surface area (Å²) < 4.78 is 7.33. The van der Waals surface area contributed by atoms with Crippen LogP contribution in [0.15, 0.2) is 21.9 Å². The van der Waals surface area contributed by atoms with E-state index in [0.29, 0.717) is 6.54 Å². The first-order valence-electron chi connectivity index (χ1n) is 7.00. The summed E-state index contributed by atoms with van der Waals surface area (Å²) in [5, 5.41) is 11.8. The van der Waals surface area contributed by atoms with Gasteiger partial charge in [0, 0.05) is 13.1 Å². The Morgan fingerprint density at radius 1 is 1.48 bits per heavy atom. The van der Waals surface area contributed by atoms with E-state index in [-0.39, 0.29) is 11.2 Å². The van der Waals surface area contributed by atoms with Crippen LogP contribution in [0.3, 0.4) is 0 Å². The number of carbonyl (C=O) groups excluding carboxylic acids is 1. The second-order valence-electron chi connectivity index (χ2n) is 4.60. The molecule has 0 radical (unpaired) electrons. The molecule has 2 heterocycles. The molecule has 0 aliphatic carbocycles. The zero-order valence-corrected chi connectivity index (χ0v) is 13.5. The third-order valence-corrected chi connectivity index (χ3v) is 4.22. The lowest BCUT2D eigenvalue weighted by atomic mass is 10.2. The number of hydrogen-bond donors (Lipinski definition) is 1. The van der Waals surface area contributed by atoms with Crippen molar-refractivity contribution in [3.63, 3.8) is 0 Å². The maximum Gasteiger partial charge on any atom is 0.233 e. The monoisotopic (exact) mass is 308 g/mol.